The monoisotopic (exact) mass is 386 g/mol. The van der Waals surface area contributed by atoms with Gasteiger partial charge in [-0.1, -0.05) is 0 Å². The summed E-state index contributed by atoms with van der Waals surface area (Å²) in [4.78, 5) is 26.0. The summed E-state index contributed by atoms with van der Waals surface area (Å²) >= 11 is 2.16. The molecule has 0 atom stereocenters. The molecule has 1 aromatic carbocycles. The molecule has 2 aromatic rings. The van der Waals surface area contributed by atoms with Crippen molar-refractivity contribution >= 4 is 40.0 Å². The summed E-state index contributed by atoms with van der Waals surface area (Å²) in [6.45, 7) is 1.47. The zero-order valence-corrected chi connectivity index (χ0v) is 12.7. The van der Waals surface area contributed by atoms with E-state index in [1.807, 2.05) is 12.1 Å². The molecule has 2 rings (SSSR count). The molecule has 0 bridgehead atoms. The maximum absolute atomic E-state index is 11.9. The lowest BCUT2D eigenvalue weighted by Gasteiger charge is -2.05. The Kier molecular flexibility index (Phi) is 4.32. The van der Waals surface area contributed by atoms with Crippen molar-refractivity contribution < 1.29 is 9.72 Å². The lowest BCUT2D eigenvalue weighted by atomic mass is 10.3. The minimum absolute atomic E-state index is 0.145. The third kappa shape index (κ3) is 3.32. The number of rotatable bonds is 4. The van der Waals surface area contributed by atoms with Gasteiger partial charge in [-0.3, -0.25) is 4.79 Å². The van der Waals surface area contributed by atoms with Crippen molar-refractivity contribution in [1.29, 1.82) is 0 Å². The number of anilines is 1. The molecule has 0 fully saturated rings. The average Bonchev–Trinajstić information content (AvgIpc) is 2.74. The van der Waals surface area contributed by atoms with Crippen LogP contribution in [-0.4, -0.2) is 20.4 Å². The van der Waals surface area contributed by atoms with Crippen LogP contribution in [0.15, 0.2) is 30.5 Å². The largest absolute Gasteiger partial charge is 0.358 e. The van der Waals surface area contributed by atoms with Crippen LogP contribution in [0.2, 0.25) is 0 Å². The number of carbonyl (C=O) groups is 1. The number of nitrogens with zero attached hydrogens (tertiary/aromatic N) is 3. The first-order valence-corrected chi connectivity index (χ1v) is 6.77. The molecule has 8 heteroatoms. The SMILES string of the molecule is Cc1ncc([N+](=O)[O-])n1CC(=O)Nc1ccc(I)cc1. The molecule has 7 nitrogen and oxygen atoms in total. The van der Waals surface area contributed by atoms with Crippen LogP contribution in [0.25, 0.3) is 0 Å². The molecule has 0 aliphatic heterocycles. The van der Waals surface area contributed by atoms with E-state index in [0.717, 1.165) is 9.77 Å². The van der Waals surface area contributed by atoms with E-state index in [0.29, 0.717) is 11.5 Å². The highest BCUT2D eigenvalue weighted by atomic mass is 127. The molecular weight excluding hydrogens is 375 g/mol. The second-order valence-electron chi connectivity index (χ2n) is 4.06. The van der Waals surface area contributed by atoms with Crippen LogP contribution < -0.4 is 5.32 Å². The van der Waals surface area contributed by atoms with Crippen LogP contribution in [0.3, 0.4) is 0 Å². The van der Waals surface area contributed by atoms with Crippen LogP contribution in [0.5, 0.6) is 0 Å². The highest BCUT2D eigenvalue weighted by Gasteiger charge is 2.20. The van der Waals surface area contributed by atoms with Crippen LogP contribution in [0.1, 0.15) is 5.82 Å². The van der Waals surface area contributed by atoms with Crippen molar-refractivity contribution in [2.75, 3.05) is 5.32 Å². The molecule has 0 unspecified atom stereocenters. The number of hydrogen-bond donors (Lipinski definition) is 1. The Hall–Kier alpha value is -1.97. The molecule has 20 heavy (non-hydrogen) atoms. The Morgan fingerprint density at radius 2 is 2.10 bits per heavy atom. The quantitative estimate of drug-likeness (QED) is 0.496. The van der Waals surface area contributed by atoms with Crippen LogP contribution in [0, 0.1) is 20.6 Å². The molecule has 0 aliphatic carbocycles. The Balaban J connectivity index is 2.10. The van der Waals surface area contributed by atoms with Gasteiger partial charge in [0.05, 0.1) is 0 Å². The first-order valence-electron chi connectivity index (χ1n) is 5.69. The molecular formula is C12H11IN4O3. The Morgan fingerprint density at radius 3 is 2.70 bits per heavy atom. The second kappa shape index (κ2) is 5.99. The van der Waals surface area contributed by atoms with E-state index in [1.165, 1.54) is 4.57 Å². The zero-order chi connectivity index (χ0) is 14.7. The Morgan fingerprint density at radius 1 is 1.45 bits per heavy atom. The summed E-state index contributed by atoms with van der Waals surface area (Å²) in [6, 6.07) is 7.27. The zero-order valence-electron chi connectivity index (χ0n) is 10.5. The van der Waals surface area contributed by atoms with Gasteiger partial charge in [0.1, 0.15) is 6.20 Å². The third-order valence-corrected chi connectivity index (χ3v) is 3.37. The number of carbonyl (C=O) groups excluding carboxylic acids is 1. The van der Waals surface area contributed by atoms with E-state index in [4.69, 9.17) is 0 Å². The molecule has 1 aromatic heterocycles. The summed E-state index contributed by atoms with van der Waals surface area (Å²) in [5.74, 6) is -0.106. The molecule has 0 radical (unpaired) electrons. The average molecular weight is 386 g/mol. The van der Waals surface area contributed by atoms with E-state index in [1.54, 1.807) is 19.1 Å². The van der Waals surface area contributed by atoms with Gasteiger partial charge in [0.2, 0.25) is 0 Å². The summed E-state index contributed by atoms with van der Waals surface area (Å²) in [6.07, 6.45) is 1.15. The van der Waals surface area contributed by atoms with Gasteiger partial charge in [-0.25, -0.2) is 9.55 Å². The van der Waals surface area contributed by atoms with Gasteiger partial charge in [0.15, 0.2) is 12.4 Å². The maximum Gasteiger partial charge on any atom is 0.343 e. The van der Waals surface area contributed by atoms with E-state index in [-0.39, 0.29) is 18.3 Å². The number of aryl methyl sites for hydroxylation is 1. The fourth-order valence-electron chi connectivity index (χ4n) is 1.67. The molecule has 1 N–H and O–H groups in total. The number of imidazole rings is 1. The van der Waals surface area contributed by atoms with Gasteiger partial charge < -0.3 is 15.4 Å². The fraction of sp³-hybridized carbons (Fsp3) is 0.167. The number of amides is 1. The van der Waals surface area contributed by atoms with Crippen LogP contribution in [0.4, 0.5) is 11.5 Å². The highest BCUT2D eigenvalue weighted by molar-refractivity contribution is 14.1. The Labute approximate surface area is 128 Å². The molecule has 0 saturated heterocycles. The summed E-state index contributed by atoms with van der Waals surface area (Å²) < 4.78 is 2.32. The van der Waals surface area contributed by atoms with Crippen LogP contribution >= 0.6 is 22.6 Å². The summed E-state index contributed by atoms with van der Waals surface area (Å²) in [7, 11) is 0. The van der Waals surface area contributed by atoms with Crippen LogP contribution in [-0.2, 0) is 11.3 Å². The molecule has 0 aliphatic rings. The fourth-order valence-corrected chi connectivity index (χ4v) is 2.03. The topological polar surface area (TPSA) is 90.1 Å². The summed E-state index contributed by atoms with van der Waals surface area (Å²) in [5, 5.41) is 13.5. The van der Waals surface area contributed by atoms with Gasteiger partial charge in [0.25, 0.3) is 5.91 Å². The number of benzene rings is 1. The minimum Gasteiger partial charge on any atom is -0.358 e. The standard InChI is InChI=1S/C12H11IN4O3/c1-8-14-6-12(17(19)20)16(8)7-11(18)15-10-4-2-9(13)3-5-10/h2-6H,7H2,1H3,(H,15,18). The van der Waals surface area contributed by atoms with Crippen molar-refractivity contribution in [2.45, 2.75) is 13.5 Å². The normalized spacial score (nSPS) is 10.3. The number of nitro groups is 1. The smallest absolute Gasteiger partial charge is 0.343 e. The van der Waals surface area contributed by atoms with Gasteiger partial charge in [0, 0.05) is 16.2 Å². The van der Waals surface area contributed by atoms with Crippen molar-refractivity contribution in [2.24, 2.45) is 0 Å². The van der Waals surface area contributed by atoms with Gasteiger partial charge in [-0.15, -0.1) is 0 Å². The molecule has 0 spiro atoms. The van der Waals surface area contributed by atoms with Crippen molar-refractivity contribution in [1.82, 2.24) is 9.55 Å². The van der Waals surface area contributed by atoms with Gasteiger partial charge >= 0.3 is 5.82 Å². The lowest BCUT2D eigenvalue weighted by Crippen LogP contribution is -2.20. The predicted molar refractivity (Wildman–Crippen MR) is 81.4 cm³/mol. The second-order valence-corrected chi connectivity index (χ2v) is 5.31. The van der Waals surface area contributed by atoms with Crippen molar-refractivity contribution in [3.63, 3.8) is 0 Å². The first kappa shape index (κ1) is 14.4. The van der Waals surface area contributed by atoms with E-state index < -0.39 is 4.92 Å². The van der Waals surface area contributed by atoms with Crippen molar-refractivity contribution in [3.8, 4) is 0 Å². The number of hydrogen-bond acceptors (Lipinski definition) is 4. The van der Waals surface area contributed by atoms with Gasteiger partial charge in [-0.05, 0) is 51.8 Å². The van der Waals surface area contributed by atoms with E-state index in [9.17, 15) is 14.9 Å². The number of halogens is 1. The molecule has 104 valence electrons. The molecule has 1 amide bonds. The maximum atomic E-state index is 11.9. The highest BCUT2D eigenvalue weighted by Crippen LogP contribution is 2.15. The third-order valence-electron chi connectivity index (χ3n) is 2.65. The molecule has 1 heterocycles. The number of aromatic nitrogens is 2. The van der Waals surface area contributed by atoms with E-state index in [2.05, 4.69) is 32.9 Å². The van der Waals surface area contributed by atoms with Crippen molar-refractivity contribution in [3.05, 3.63) is 50.0 Å². The number of nitrogens with one attached hydrogen (secondary N) is 1. The first-order chi connectivity index (χ1) is 9.47. The molecule has 0 saturated carbocycles. The van der Waals surface area contributed by atoms with E-state index >= 15 is 0 Å². The minimum atomic E-state index is -0.557. The van der Waals surface area contributed by atoms with Gasteiger partial charge in [-0.2, -0.15) is 0 Å². The predicted octanol–water partition coefficient (Wildman–Crippen LogP) is 2.34. The Bertz CT molecular complexity index is 651. The summed E-state index contributed by atoms with van der Waals surface area (Å²) in [5.41, 5.74) is 0.649. The lowest BCUT2D eigenvalue weighted by molar-refractivity contribution is -0.392.